The van der Waals surface area contributed by atoms with Crippen molar-refractivity contribution in [2.45, 2.75) is 53.1 Å². The van der Waals surface area contributed by atoms with Crippen LogP contribution >= 0.6 is 0 Å². The molecule has 162 valence electrons. The smallest absolute Gasteiger partial charge is 0.332 e. The molecule has 8 heteroatoms. The molecule has 1 aliphatic rings. The van der Waals surface area contributed by atoms with Crippen molar-refractivity contribution in [2.24, 2.45) is 0 Å². The highest BCUT2D eigenvalue weighted by atomic mass is 16.5. The number of anilines is 1. The Morgan fingerprint density at radius 3 is 2.58 bits per heavy atom. The minimum Gasteiger partial charge on any atom is -0.361 e. The Kier molecular flexibility index (Phi) is 5.16. The van der Waals surface area contributed by atoms with E-state index in [0.717, 1.165) is 22.6 Å². The number of imide groups is 1. The maximum absolute atomic E-state index is 13.2. The van der Waals surface area contributed by atoms with Crippen LogP contribution in [0.1, 0.15) is 42.0 Å². The predicted molar refractivity (Wildman–Crippen MR) is 116 cm³/mol. The highest BCUT2D eigenvalue weighted by molar-refractivity contribution is 6.22. The minimum absolute atomic E-state index is 0.251. The van der Waals surface area contributed by atoms with Crippen LogP contribution < -0.4 is 4.90 Å². The second kappa shape index (κ2) is 7.68. The summed E-state index contributed by atoms with van der Waals surface area (Å²) >= 11 is 0. The lowest BCUT2D eigenvalue weighted by atomic mass is 10.0. The molecule has 0 bridgehead atoms. The summed E-state index contributed by atoms with van der Waals surface area (Å²) in [4.78, 5) is 29.2. The molecule has 0 unspecified atom stereocenters. The molecule has 1 aliphatic heterocycles. The van der Waals surface area contributed by atoms with E-state index >= 15 is 0 Å². The third-order valence-corrected chi connectivity index (χ3v) is 5.91. The number of aryl methyl sites for hydroxylation is 3. The Morgan fingerprint density at radius 2 is 1.90 bits per heavy atom. The summed E-state index contributed by atoms with van der Waals surface area (Å²) in [5.41, 5.74) is 3.59. The molecule has 0 aliphatic carbocycles. The van der Waals surface area contributed by atoms with Gasteiger partial charge < -0.3 is 9.42 Å². The van der Waals surface area contributed by atoms with Gasteiger partial charge in [0.1, 0.15) is 11.3 Å². The topological polar surface area (TPSA) is 84.5 Å². The van der Waals surface area contributed by atoms with Crippen LogP contribution in [0.25, 0.3) is 0 Å². The van der Waals surface area contributed by atoms with E-state index in [0.29, 0.717) is 25.2 Å². The first-order chi connectivity index (χ1) is 14.7. The van der Waals surface area contributed by atoms with Crippen molar-refractivity contribution in [1.29, 1.82) is 0 Å². The van der Waals surface area contributed by atoms with Crippen LogP contribution in [0.15, 0.2) is 41.2 Å². The molecular formula is C23H27N5O3. The lowest BCUT2D eigenvalue weighted by Gasteiger charge is -2.27. The molecule has 0 radical (unpaired) electrons. The number of amides is 3. The number of aromatic nitrogens is 3. The monoisotopic (exact) mass is 421 g/mol. The summed E-state index contributed by atoms with van der Waals surface area (Å²) in [6.07, 6.45) is 3.94. The molecule has 1 aromatic carbocycles. The Morgan fingerprint density at radius 1 is 1.13 bits per heavy atom. The van der Waals surface area contributed by atoms with Gasteiger partial charge in [0, 0.05) is 18.3 Å². The van der Waals surface area contributed by atoms with Gasteiger partial charge in [0.05, 0.1) is 24.1 Å². The van der Waals surface area contributed by atoms with Gasteiger partial charge in [0.25, 0.3) is 5.91 Å². The molecule has 3 aromatic rings. The Hall–Kier alpha value is -3.42. The normalized spacial score (nSPS) is 15.9. The van der Waals surface area contributed by atoms with Gasteiger partial charge in [-0.15, -0.1) is 0 Å². The number of carbonyl (C=O) groups is 2. The molecular weight excluding hydrogens is 394 g/mol. The minimum atomic E-state index is -0.926. The van der Waals surface area contributed by atoms with E-state index in [2.05, 4.69) is 16.3 Å². The van der Waals surface area contributed by atoms with Crippen molar-refractivity contribution in [3.63, 3.8) is 0 Å². The number of nitrogens with zero attached hydrogens (tertiary/aromatic N) is 5. The van der Waals surface area contributed by atoms with Crippen LogP contribution in [0, 0.1) is 20.8 Å². The van der Waals surface area contributed by atoms with E-state index in [1.807, 2.05) is 39.0 Å². The van der Waals surface area contributed by atoms with Gasteiger partial charge in [0.2, 0.25) is 0 Å². The van der Waals surface area contributed by atoms with E-state index < -0.39 is 5.54 Å². The van der Waals surface area contributed by atoms with E-state index in [9.17, 15) is 9.59 Å². The number of hydrogen-bond acceptors (Lipinski definition) is 5. The second-order valence-electron chi connectivity index (χ2n) is 8.57. The van der Waals surface area contributed by atoms with E-state index in [4.69, 9.17) is 4.52 Å². The summed E-state index contributed by atoms with van der Waals surface area (Å²) in [5.74, 6) is 0.477. The predicted octanol–water partition coefficient (Wildman–Crippen LogP) is 3.63. The Balaban J connectivity index is 1.53. The Bertz CT molecular complexity index is 1120. The molecule has 3 heterocycles. The Labute approximate surface area is 181 Å². The standard InChI is InChI=1S/C23H27N5O3/c1-15-7-6-8-18(11-15)9-10-27-22(30)28(21(29)23(27,4)5)19-12-24-26(13-19)14-20-16(2)25-31-17(20)3/h6-8,11-13H,9-10,14H2,1-5H3. The van der Waals surface area contributed by atoms with Crippen molar-refractivity contribution >= 4 is 17.6 Å². The van der Waals surface area contributed by atoms with Crippen LogP contribution in [0.3, 0.4) is 0 Å². The zero-order valence-corrected chi connectivity index (χ0v) is 18.5. The van der Waals surface area contributed by atoms with Crippen LogP contribution in [-0.2, 0) is 17.8 Å². The lowest BCUT2D eigenvalue weighted by Crippen LogP contribution is -2.45. The van der Waals surface area contributed by atoms with Crippen molar-refractivity contribution in [3.8, 4) is 0 Å². The number of urea groups is 1. The summed E-state index contributed by atoms with van der Waals surface area (Å²) in [7, 11) is 0. The molecule has 0 spiro atoms. The van der Waals surface area contributed by atoms with Crippen LogP contribution in [-0.4, -0.2) is 43.9 Å². The fourth-order valence-electron chi connectivity index (χ4n) is 3.99. The van der Waals surface area contributed by atoms with Gasteiger partial charge in [-0.05, 0) is 46.6 Å². The van der Waals surface area contributed by atoms with Gasteiger partial charge >= 0.3 is 6.03 Å². The number of rotatable bonds is 6. The third kappa shape index (κ3) is 3.73. The third-order valence-electron chi connectivity index (χ3n) is 5.91. The van der Waals surface area contributed by atoms with Crippen molar-refractivity contribution in [2.75, 3.05) is 11.4 Å². The zero-order valence-electron chi connectivity index (χ0n) is 18.5. The largest absolute Gasteiger partial charge is 0.361 e. The van der Waals surface area contributed by atoms with E-state index in [1.165, 1.54) is 10.5 Å². The molecule has 8 nitrogen and oxygen atoms in total. The fourth-order valence-corrected chi connectivity index (χ4v) is 3.99. The van der Waals surface area contributed by atoms with Crippen LogP contribution in [0.4, 0.5) is 10.5 Å². The first-order valence-corrected chi connectivity index (χ1v) is 10.3. The number of hydrogen-bond donors (Lipinski definition) is 0. The molecule has 31 heavy (non-hydrogen) atoms. The number of benzene rings is 1. The summed E-state index contributed by atoms with van der Waals surface area (Å²) in [6.45, 7) is 10.3. The van der Waals surface area contributed by atoms with Gasteiger partial charge in [-0.2, -0.15) is 5.10 Å². The second-order valence-corrected chi connectivity index (χ2v) is 8.57. The molecule has 0 atom stereocenters. The first-order valence-electron chi connectivity index (χ1n) is 10.3. The van der Waals surface area contributed by atoms with Gasteiger partial charge in [-0.3, -0.25) is 9.48 Å². The lowest BCUT2D eigenvalue weighted by molar-refractivity contribution is -0.123. The molecule has 4 rings (SSSR count). The van der Waals surface area contributed by atoms with Crippen molar-refractivity contribution < 1.29 is 14.1 Å². The van der Waals surface area contributed by atoms with E-state index in [1.54, 1.807) is 35.8 Å². The molecule has 1 saturated heterocycles. The number of carbonyl (C=O) groups excluding carboxylic acids is 2. The molecule has 2 aromatic heterocycles. The molecule has 0 saturated carbocycles. The van der Waals surface area contributed by atoms with Crippen LogP contribution in [0.5, 0.6) is 0 Å². The SMILES string of the molecule is Cc1cccc(CCN2C(=O)N(c3cnn(Cc4c(C)noc4C)c3)C(=O)C2(C)C)c1. The highest BCUT2D eigenvalue weighted by Gasteiger charge is 2.51. The zero-order chi connectivity index (χ0) is 22.3. The summed E-state index contributed by atoms with van der Waals surface area (Å²) < 4.78 is 6.89. The average Bonchev–Trinajstić information content (AvgIpc) is 3.34. The highest BCUT2D eigenvalue weighted by Crippen LogP contribution is 2.32. The quantitative estimate of drug-likeness (QED) is 0.568. The molecule has 3 amide bonds. The van der Waals surface area contributed by atoms with Crippen molar-refractivity contribution in [3.05, 3.63) is 64.8 Å². The van der Waals surface area contributed by atoms with E-state index in [-0.39, 0.29) is 11.9 Å². The average molecular weight is 422 g/mol. The van der Waals surface area contributed by atoms with Crippen molar-refractivity contribution in [1.82, 2.24) is 19.8 Å². The maximum Gasteiger partial charge on any atom is 0.332 e. The van der Waals surface area contributed by atoms with Gasteiger partial charge in [-0.25, -0.2) is 9.69 Å². The van der Waals surface area contributed by atoms with Crippen LogP contribution in [0.2, 0.25) is 0 Å². The van der Waals surface area contributed by atoms with Gasteiger partial charge in [-0.1, -0.05) is 35.0 Å². The summed E-state index contributed by atoms with van der Waals surface area (Å²) in [5, 5.41) is 8.30. The molecule has 1 fully saturated rings. The first kappa shape index (κ1) is 20.8. The maximum atomic E-state index is 13.2. The molecule has 0 N–H and O–H groups in total. The summed E-state index contributed by atoms with van der Waals surface area (Å²) in [6, 6.07) is 7.87. The van der Waals surface area contributed by atoms with Gasteiger partial charge in [0.15, 0.2) is 0 Å². The fraction of sp³-hybridized carbons (Fsp3) is 0.391.